The van der Waals surface area contributed by atoms with Crippen LogP contribution < -0.4 is 5.32 Å². The van der Waals surface area contributed by atoms with Gasteiger partial charge >= 0.3 is 0 Å². The number of H-pyrrole nitrogens is 1. The molecule has 0 saturated heterocycles. The maximum atomic E-state index is 11.9. The Bertz CT molecular complexity index is 524. The van der Waals surface area contributed by atoms with Gasteiger partial charge in [0.05, 0.1) is 0 Å². The number of amides is 1. The van der Waals surface area contributed by atoms with Crippen LogP contribution in [0.4, 0.5) is 5.69 Å². The molecular formula is C13H13BrN2O. The molecule has 0 radical (unpaired) electrons. The average Bonchev–Trinajstić information content (AvgIpc) is 2.76. The summed E-state index contributed by atoms with van der Waals surface area (Å²) in [5.41, 5.74) is 3.51. The second-order valence-electron chi connectivity index (χ2n) is 3.95. The first-order valence-corrected chi connectivity index (χ1v) is 6.08. The molecule has 0 bridgehead atoms. The van der Waals surface area contributed by atoms with Crippen LogP contribution in [0.3, 0.4) is 0 Å². The van der Waals surface area contributed by atoms with Gasteiger partial charge in [-0.3, -0.25) is 4.79 Å². The summed E-state index contributed by atoms with van der Waals surface area (Å²) in [5, 5.41) is 2.92. The molecule has 3 nitrogen and oxygen atoms in total. The number of aryl methyl sites for hydroxylation is 2. The third kappa shape index (κ3) is 2.58. The van der Waals surface area contributed by atoms with E-state index in [9.17, 15) is 4.79 Å². The number of aromatic amines is 1. The summed E-state index contributed by atoms with van der Waals surface area (Å²) in [5.74, 6) is -0.122. The number of carbonyl (C=O) groups is 1. The summed E-state index contributed by atoms with van der Waals surface area (Å²) < 4.78 is 1.02. The van der Waals surface area contributed by atoms with Crippen molar-refractivity contribution in [1.29, 1.82) is 0 Å². The quantitative estimate of drug-likeness (QED) is 0.872. The zero-order valence-electron chi connectivity index (χ0n) is 9.67. The number of rotatable bonds is 2. The highest BCUT2D eigenvalue weighted by molar-refractivity contribution is 9.10. The highest BCUT2D eigenvalue weighted by Crippen LogP contribution is 2.25. The Kier molecular flexibility index (Phi) is 3.33. The molecule has 0 fully saturated rings. The summed E-state index contributed by atoms with van der Waals surface area (Å²) >= 11 is 3.43. The van der Waals surface area contributed by atoms with Gasteiger partial charge in [0.25, 0.3) is 5.91 Å². The first kappa shape index (κ1) is 11.9. The van der Waals surface area contributed by atoms with E-state index in [1.165, 1.54) is 0 Å². The van der Waals surface area contributed by atoms with Gasteiger partial charge in [-0.2, -0.15) is 0 Å². The Balaban J connectivity index is 2.28. The highest BCUT2D eigenvalue weighted by atomic mass is 79.9. The third-order valence-corrected chi connectivity index (χ3v) is 3.04. The predicted octanol–water partition coefficient (Wildman–Crippen LogP) is 3.65. The van der Waals surface area contributed by atoms with Crippen molar-refractivity contribution in [2.24, 2.45) is 0 Å². The maximum Gasteiger partial charge on any atom is 0.272 e. The second kappa shape index (κ2) is 4.75. The van der Waals surface area contributed by atoms with Crippen molar-refractivity contribution in [3.63, 3.8) is 0 Å². The van der Waals surface area contributed by atoms with Crippen LogP contribution in [0.25, 0.3) is 0 Å². The molecule has 0 aliphatic rings. The number of anilines is 1. The van der Waals surface area contributed by atoms with Crippen molar-refractivity contribution in [3.05, 3.63) is 51.8 Å². The van der Waals surface area contributed by atoms with Gasteiger partial charge in [0, 0.05) is 16.4 Å². The van der Waals surface area contributed by atoms with Crippen LogP contribution in [0.1, 0.15) is 21.6 Å². The lowest BCUT2D eigenvalue weighted by Gasteiger charge is -2.11. The first-order chi connectivity index (χ1) is 8.08. The van der Waals surface area contributed by atoms with E-state index < -0.39 is 0 Å². The lowest BCUT2D eigenvalue weighted by molar-refractivity contribution is 0.102. The van der Waals surface area contributed by atoms with Gasteiger partial charge < -0.3 is 10.3 Å². The molecule has 0 atom stereocenters. The van der Waals surface area contributed by atoms with E-state index in [2.05, 4.69) is 26.2 Å². The van der Waals surface area contributed by atoms with Crippen molar-refractivity contribution in [1.82, 2.24) is 4.98 Å². The van der Waals surface area contributed by atoms with E-state index in [4.69, 9.17) is 0 Å². The molecule has 2 aromatic rings. The van der Waals surface area contributed by atoms with E-state index >= 15 is 0 Å². The molecule has 2 N–H and O–H groups in total. The Morgan fingerprint density at radius 2 is 1.94 bits per heavy atom. The minimum atomic E-state index is -0.122. The molecule has 0 saturated carbocycles. The van der Waals surface area contributed by atoms with E-state index in [1.54, 1.807) is 18.3 Å². The van der Waals surface area contributed by atoms with Crippen LogP contribution >= 0.6 is 15.9 Å². The van der Waals surface area contributed by atoms with Crippen LogP contribution in [-0.2, 0) is 0 Å². The Hall–Kier alpha value is -1.55. The van der Waals surface area contributed by atoms with Crippen LogP contribution in [0, 0.1) is 13.8 Å². The monoisotopic (exact) mass is 292 g/mol. The molecule has 1 heterocycles. The lowest BCUT2D eigenvalue weighted by atomic mass is 10.1. The Morgan fingerprint density at radius 1 is 1.29 bits per heavy atom. The molecule has 17 heavy (non-hydrogen) atoms. The number of benzene rings is 1. The zero-order valence-corrected chi connectivity index (χ0v) is 11.3. The van der Waals surface area contributed by atoms with Crippen molar-refractivity contribution in [2.75, 3.05) is 5.32 Å². The third-order valence-electron chi connectivity index (χ3n) is 2.58. The average molecular weight is 293 g/mol. The summed E-state index contributed by atoms with van der Waals surface area (Å²) in [6, 6.07) is 7.52. The van der Waals surface area contributed by atoms with E-state index in [1.807, 2.05) is 26.0 Å². The van der Waals surface area contributed by atoms with Crippen molar-refractivity contribution >= 4 is 27.5 Å². The first-order valence-electron chi connectivity index (χ1n) is 5.29. The lowest BCUT2D eigenvalue weighted by Crippen LogP contribution is -2.14. The topological polar surface area (TPSA) is 44.9 Å². The largest absolute Gasteiger partial charge is 0.357 e. The summed E-state index contributed by atoms with van der Waals surface area (Å²) in [4.78, 5) is 14.8. The van der Waals surface area contributed by atoms with Crippen LogP contribution in [-0.4, -0.2) is 10.9 Å². The molecule has 88 valence electrons. The van der Waals surface area contributed by atoms with Gasteiger partial charge in [0.15, 0.2) is 0 Å². The van der Waals surface area contributed by atoms with Gasteiger partial charge in [-0.25, -0.2) is 0 Å². The van der Waals surface area contributed by atoms with Crippen molar-refractivity contribution in [2.45, 2.75) is 13.8 Å². The molecular weight excluding hydrogens is 280 g/mol. The molecule has 1 amide bonds. The van der Waals surface area contributed by atoms with Gasteiger partial charge in [0.1, 0.15) is 5.69 Å². The number of halogens is 1. The molecule has 0 spiro atoms. The SMILES string of the molecule is Cc1cc(Br)cc(C)c1NC(=O)c1ccc[nH]1. The molecule has 0 unspecified atom stereocenters. The molecule has 1 aromatic heterocycles. The number of aromatic nitrogens is 1. The summed E-state index contributed by atoms with van der Waals surface area (Å²) in [6.07, 6.45) is 1.73. The molecule has 4 heteroatoms. The van der Waals surface area contributed by atoms with E-state index in [0.29, 0.717) is 5.69 Å². The minimum Gasteiger partial charge on any atom is -0.357 e. The Labute approximate surface area is 108 Å². The summed E-state index contributed by atoms with van der Waals surface area (Å²) in [7, 11) is 0. The zero-order chi connectivity index (χ0) is 12.4. The van der Waals surface area contributed by atoms with Crippen molar-refractivity contribution < 1.29 is 4.79 Å². The van der Waals surface area contributed by atoms with Gasteiger partial charge in [-0.1, -0.05) is 15.9 Å². The standard InChI is InChI=1S/C13H13BrN2O/c1-8-6-10(14)7-9(2)12(8)16-13(17)11-4-3-5-15-11/h3-7,15H,1-2H3,(H,16,17). The fraction of sp³-hybridized carbons (Fsp3) is 0.154. The van der Waals surface area contributed by atoms with Crippen LogP contribution in [0.2, 0.25) is 0 Å². The number of carbonyl (C=O) groups excluding carboxylic acids is 1. The minimum absolute atomic E-state index is 0.122. The number of hydrogen-bond donors (Lipinski definition) is 2. The fourth-order valence-corrected chi connectivity index (χ4v) is 2.45. The Morgan fingerprint density at radius 3 is 2.47 bits per heavy atom. The van der Waals surface area contributed by atoms with Crippen LogP contribution in [0.15, 0.2) is 34.9 Å². The van der Waals surface area contributed by atoms with E-state index in [-0.39, 0.29) is 5.91 Å². The van der Waals surface area contributed by atoms with Crippen molar-refractivity contribution in [3.8, 4) is 0 Å². The van der Waals surface area contributed by atoms with Gasteiger partial charge in [-0.15, -0.1) is 0 Å². The maximum absolute atomic E-state index is 11.9. The molecule has 0 aliphatic carbocycles. The van der Waals surface area contributed by atoms with Gasteiger partial charge in [0.2, 0.25) is 0 Å². The normalized spacial score (nSPS) is 10.3. The number of hydrogen-bond acceptors (Lipinski definition) is 1. The summed E-state index contributed by atoms with van der Waals surface area (Å²) in [6.45, 7) is 3.95. The second-order valence-corrected chi connectivity index (χ2v) is 4.87. The molecule has 1 aromatic carbocycles. The van der Waals surface area contributed by atoms with Crippen LogP contribution in [0.5, 0.6) is 0 Å². The smallest absolute Gasteiger partial charge is 0.272 e. The predicted molar refractivity (Wildman–Crippen MR) is 72.4 cm³/mol. The molecule has 0 aliphatic heterocycles. The highest BCUT2D eigenvalue weighted by Gasteiger charge is 2.10. The van der Waals surface area contributed by atoms with Gasteiger partial charge in [-0.05, 0) is 49.2 Å². The number of nitrogens with one attached hydrogen (secondary N) is 2. The van der Waals surface area contributed by atoms with E-state index in [0.717, 1.165) is 21.3 Å². The fourth-order valence-electron chi connectivity index (χ4n) is 1.76. The molecule has 2 rings (SSSR count).